The van der Waals surface area contributed by atoms with Crippen molar-refractivity contribution < 1.29 is 4.79 Å². The fourth-order valence-electron chi connectivity index (χ4n) is 3.36. The third-order valence-corrected chi connectivity index (χ3v) is 6.75. The van der Waals surface area contributed by atoms with Crippen molar-refractivity contribution >= 4 is 50.5 Å². The van der Waals surface area contributed by atoms with E-state index in [0.29, 0.717) is 21.2 Å². The molecule has 0 amide bonds. The molecule has 29 heavy (non-hydrogen) atoms. The number of para-hydroxylation sites is 2. The van der Waals surface area contributed by atoms with Crippen LogP contribution in [0.25, 0.3) is 10.2 Å². The van der Waals surface area contributed by atoms with E-state index in [4.69, 9.17) is 0 Å². The monoisotopic (exact) mass is 423 g/mol. The van der Waals surface area contributed by atoms with Gasteiger partial charge in [0, 0.05) is 21.1 Å². The van der Waals surface area contributed by atoms with Gasteiger partial charge in [-0.1, -0.05) is 23.9 Å². The molecule has 0 bridgehead atoms. The quantitative estimate of drug-likeness (QED) is 0.276. The van der Waals surface area contributed by atoms with Crippen LogP contribution >= 0.6 is 23.1 Å². The van der Waals surface area contributed by atoms with E-state index in [1.807, 2.05) is 53.5 Å². The van der Waals surface area contributed by atoms with Gasteiger partial charge in [-0.3, -0.25) is 14.2 Å². The first-order valence-corrected chi connectivity index (χ1v) is 10.6. The molecule has 2 aromatic heterocycles. The van der Waals surface area contributed by atoms with Gasteiger partial charge < -0.3 is 9.80 Å². The minimum Gasteiger partial charge on any atom is -0.328 e. The number of nitriles is 1. The number of nitrogens with zero attached hydrogens (tertiary/aromatic N) is 5. The Balaban J connectivity index is 1.63. The second-order valence-electron chi connectivity index (χ2n) is 6.52. The molecule has 0 radical (unpaired) electrons. The normalized spacial score (nSPS) is 13.0. The lowest BCUT2D eigenvalue weighted by Gasteiger charge is -2.19. The van der Waals surface area contributed by atoms with Gasteiger partial charge in [-0.2, -0.15) is 5.26 Å². The Hall–Kier alpha value is -3.09. The maximum atomic E-state index is 12.9. The van der Waals surface area contributed by atoms with Gasteiger partial charge in [0.2, 0.25) is 0 Å². The molecular formula is C20H17N5O2S2. The molecule has 0 spiro atoms. The van der Waals surface area contributed by atoms with Crippen LogP contribution in [0, 0.1) is 11.3 Å². The highest BCUT2D eigenvalue weighted by Crippen LogP contribution is 2.40. The Morgan fingerprint density at radius 2 is 1.83 bits per heavy atom. The summed E-state index contributed by atoms with van der Waals surface area (Å²) < 4.78 is 2.04. The van der Waals surface area contributed by atoms with Crippen molar-refractivity contribution in [2.24, 2.45) is 7.05 Å². The number of hydrogen-bond acceptors (Lipinski definition) is 8. The summed E-state index contributed by atoms with van der Waals surface area (Å²) in [7, 11) is 5.32. The van der Waals surface area contributed by atoms with Crippen LogP contribution in [0.15, 0.2) is 57.1 Å². The first-order valence-electron chi connectivity index (χ1n) is 8.75. The Bertz CT molecular complexity index is 1240. The molecule has 0 atom stereocenters. The zero-order valence-electron chi connectivity index (χ0n) is 16.0. The second kappa shape index (κ2) is 7.39. The predicted octanol–water partition coefficient (Wildman–Crippen LogP) is 2.98. The molecular weight excluding hydrogens is 406 g/mol. The maximum absolute atomic E-state index is 12.9. The summed E-state index contributed by atoms with van der Waals surface area (Å²) in [6.45, 7) is 0. The number of ketones is 1. The van der Waals surface area contributed by atoms with Crippen molar-refractivity contribution in [3.05, 3.63) is 57.5 Å². The lowest BCUT2D eigenvalue weighted by molar-refractivity contribution is -0.112. The molecule has 9 heteroatoms. The molecule has 3 heterocycles. The van der Waals surface area contributed by atoms with Crippen LogP contribution in [0.1, 0.15) is 0 Å². The van der Waals surface area contributed by atoms with Gasteiger partial charge in [0.05, 0.1) is 22.6 Å². The summed E-state index contributed by atoms with van der Waals surface area (Å²) in [6, 6.07) is 11.6. The number of rotatable bonds is 4. The minimum atomic E-state index is -0.307. The van der Waals surface area contributed by atoms with Crippen LogP contribution in [-0.4, -0.2) is 35.2 Å². The minimum absolute atomic E-state index is 0.0142. The highest BCUT2D eigenvalue weighted by atomic mass is 32.2. The Labute approximate surface area is 175 Å². The number of benzene rings is 1. The van der Waals surface area contributed by atoms with E-state index >= 15 is 0 Å². The van der Waals surface area contributed by atoms with Crippen molar-refractivity contribution in [1.82, 2.24) is 9.55 Å². The van der Waals surface area contributed by atoms with Crippen molar-refractivity contribution in [2.45, 2.75) is 5.16 Å². The fraction of sp³-hybridized carbons (Fsp3) is 0.200. The van der Waals surface area contributed by atoms with E-state index in [9.17, 15) is 14.9 Å². The van der Waals surface area contributed by atoms with Crippen LogP contribution in [0.3, 0.4) is 0 Å². The lowest BCUT2D eigenvalue weighted by atomic mass is 10.2. The van der Waals surface area contributed by atoms with Gasteiger partial charge in [-0.05, 0) is 23.6 Å². The molecule has 1 aromatic carbocycles. The number of thioether (sulfide) groups is 1. The van der Waals surface area contributed by atoms with E-state index in [1.54, 1.807) is 13.1 Å². The number of allylic oxidation sites excluding steroid dienone is 1. The van der Waals surface area contributed by atoms with E-state index in [0.717, 1.165) is 23.1 Å². The van der Waals surface area contributed by atoms with Crippen LogP contribution in [0.4, 0.5) is 11.4 Å². The van der Waals surface area contributed by atoms with Crippen molar-refractivity contribution in [3.63, 3.8) is 0 Å². The standard InChI is InChI=1S/C20H17N5O2S2/c1-23-14-6-4-5-7-15(14)24(2)18(23)12(10-21)16(26)11-29-20-22-13-8-9-28-17(13)19(27)25(20)3/h4-9H,11H2,1-3H3. The van der Waals surface area contributed by atoms with Crippen LogP contribution in [0.2, 0.25) is 0 Å². The number of anilines is 2. The smallest absolute Gasteiger partial charge is 0.271 e. The second-order valence-corrected chi connectivity index (χ2v) is 8.38. The van der Waals surface area contributed by atoms with Crippen molar-refractivity contribution in [2.75, 3.05) is 29.6 Å². The third-order valence-electron chi connectivity index (χ3n) is 4.83. The molecule has 0 fully saturated rings. The average molecular weight is 424 g/mol. The number of thiophene rings is 1. The predicted molar refractivity (Wildman–Crippen MR) is 116 cm³/mol. The van der Waals surface area contributed by atoms with Crippen molar-refractivity contribution in [3.8, 4) is 6.07 Å². The average Bonchev–Trinajstić information content (AvgIpc) is 3.29. The summed E-state index contributed by atoms with van der Waals surface area (Å²) in [5, 5.41) is 12.0. The first kappa shape index (κ1) is 19.2. The molecule has 3 aromatic rings. The summed E-state index contributed by atoms with van der Waals surface area (Å²) in [6.07, 6.45) is 0. The fourth-order valence-corrected chi connectivity index (χ4v) is 5.01. The molecule has 4 rings (SSSR count). The van der Waals surface area contributed by atoms with E-state index in [2.05, 4.69) is 11.1 Å². The van der Waals surface area contributed by atoms with Crippen LogP contribution < -0.4 is 15.4 Å². The number of fused-ring (bicyclic) bond motifs is 2. The lowest BCUT2D eigenvalue weighted by Crippen LogP contribution is -2.27. The number of carbonyl (C=O) groups is 1. The van der Waals surface area contributed by atoms with Gasteiger partial charge in [0.15, 0.2) is 10.9 Å². The summed E-state index contributed by atoms with van der Waals surface area (Å²) in [5.41, 5.74) is 2.44. The number of aromatic nitrogens is 2. The zero-order valence-corrected chi connectivity index (χ0v) is 17.7. The van der Waals surface area contributed by atoms with Gasteiger partial charge in [0.1, 0.15) is 22.2 Å². The number of Topliss-reactive ketones (excluding diaryl/α,β-unsaturated/α-hetero) is 1. The summed E-state index contributed by atoms with van der Waals surface area (Å²) in [4.78, 5) is 33.5. The Morgan fingerprint density at radius 1 is 1.17 bits per heavy atom. The van der Waals surface area contributed by atoms with E-state index in [1.165, 1.54) is 15.9 Å². The molecule has 7 nitrogen and oxygen atoms in total. The Morgan fingerprint density at radius 3 is 2.45 bits per heavy atom. The third kappa shape index (κ3) is 3.10. The van der Waals surface area contributed by atoms with Gasteiger partial charge in [-0.25, -0.2) is 4.98 Å². The van der Waals surface area contributed by atoms with Gasteiger partial charge >= 0.3 is 0 Å². The SMILES string of the molecule is CN1C(=C(C#N)C(=O)CSc2nc3ccsc3c(=O)n2C)N(C)c2ccccc21. The highest BCUT2D eigenvalue weighted by molar-refractivity contribution is 7.99. The molecule has 1 aliphatic heterocycles. The zero-order chi connectivity index (χ0) is 20.7. The van der Waals surface area contributed by atoms with Crippen LogP contribution in [-0.2, 0) is 11.8 Å². The van der Waals surface area contributed by atoms with Gasteiger partial charge in [-0.15, -0.1) is 11.3 Å². The maximum Gasteiger partial charge on any atom is 0.271 e. The largest absolute Gasteiger partial charge is 0.328 e. The molecule has 0 saturated carbocycles. The van der Waals surface area contributed by atoms with E-state index < -0.39 is 0 Å². The molecule has 0 unspecified atom stereocenters. The number of hydrogen-bond donors (Lipinski definition) is 0. The number of carbonyl (C=O) groups excluding carboxylic acids is 1. The summed E-state index contributed by atoms with van der Waals surface area (Å²) >= 11 is 2.51. The van der Waals surface area contributed by atoms with Crippen molar-refractivity contribution in [1.29, 1.82) is 5.26 Å². The van der Waals surface area contributed by atoms with Crippen LogP contribution in [0.5, 0.6) is 0 Å². The van der Waals surface area contributed by atoms with Gasteiger partial charge in [0.25, 0.3) is 5.56 Å². The molecule has 0 saturated heterocycles. The molecule has 1 aliphatic rings. The molecule has 0 aliphatic carbocycles. The molecule has 146 valence electrons. The van der Waals surface area contributed by atoms with E-state index in [-0.39, 0.29) is 22.7 Å². The molecule has 0 N–H and O–H groups in total. The first-order chi connectivity index (χ1) is 13.9. The summed E-state index contributed by atoms with van der Waals surface area (Å²) in [5.74, 6) is 0.258. The highest BCUT2D eigenvalue weighted by Gasteiger charge is 2.31. The Kier molecular flexibility index (Phi) is 4.90. The topological polar surface area (TPSA) is 82.2 Å².